The van der Waals surface area contributed by atoms with Gasteiger partial charge in [-0.2, -0.15) is 10.5 Å². The smallest absolute Gasteiger partial charge is 0.227 e. The van der Waals surface area contributed by atoms with E-state index in [-0.39, 0.29) is 6.61 Å². The van der Waals surface area contributed by atoms with Gasteiger partial charge in [0, 0.05) is 36.0 Å². The van der Waals surface area contributed by atoms with Crippen molar-refractivity contribution in [1.82, 2.24) is 14.9 Å². The summed E-state index contributed by atoms with van der Waals surface area (Å²) in [4.78, 5) is 11.5. The Labute approximate surface area is 217 Å². The number of benzene rings is 2. The number of nitrogens with one attached hydrogen (secondary N) is 2. The van der Waals surface area contributed by atoms with Gasteiger partial charge in [0.15, 0.2) is 0 Å². The van der Waals surface area contributed by atoms with E-state index in [2.05, 4.69) is 45.8 Å². The lowest BCUT2D eigenvalue weighted by Crippen LogP contribution is -2.31. The van der Waals surface area contributed by atoms with Crippen LogP contribution in [0.15, 0.2) is 36.5 Å². The van der Waals surface area contributed by atoms with Gasteiger partial charge < -0.3 is 20.6 Å². The summed E-state index contributed by atoms with van der Waals surface area (Å²) in [5, 5.41) is 36.2. The highest BCUT2D eigenvalue weighted by Gasteiger charge is 2.36. The van der Waals surface area contributed by atoms with E-state index < -0.39 is 5.41 Å². The molecule has 0 bridgehead atoms. The summed E-state index contributed by atoms with van der Waals surface area (Å²) in [7, 11) is 2.13. The lowest BCUT2D eigenvalue weighted by atomic mass is 9.83. The fourth-order valence-corrected chi connectivity index (χ4v) is 5.48. The SMILES string of the molecule is Cc1cc(C2CCCN(C)C2)c(C#N)cc1Nc1nccc(-c2cc(C#N)c3c(c2)C(C)(CO)CN3)n1. The van der Waals surface area contributed by atoms with Crippen LogP contribution in [0, 0.1) is 29.6 Å². The number of hydrogen-bond acceptors (Lipinski definition) is 8. The van der Waals surface area contributed by atoms with Gasteiger partial charge in [-0.15, -0.1) is 0 Å². The van der Waals surface area contributed by atoms with Gasteiger partial charge in [0.1, 0.15) is 6.07 Å². The van der Waals surface area contributed by atoms with Gasteiger partial charge in [-0.1, -0.05) is 13.0 Å². The van der Waals surface area contributed by atoms with E-state index in [0.29, 0.717) is 35.2 Å². The van der Waals surface area contributed by atoms with Gasteiger partial charge in [-0.3, -0.25) is 0 Å². The first-order chi connectivity index (χ1) is 17.8. The highest BCUT2D eigenvalue weighted by Crippen LogP contribution is 2.41. The fraction of sp³-hybridized carbons (Fsp3) is 0.379. The number of aliphatic hydroxyl groups excluding tert-OH is 1. The number of fused-ring (bicyclic) bond motifs is 1. The molecule has 0 radical (unpaired) electrons. The number of hydrogen-bond donors (Lipinski definition) is 3. The predicted molar refractivity (Wildman–Crippen MR) is 144 cm³/mol. The highest BCUT2D eigenvalue weighted by atomic mass is 16.3. The quantitative estimate of drug-likeness (QED) is 0.478. The maximum atomic E-state index is 10.0. The molecule has 0 saturated carbocycles. The molecule has 2 unspecified atom stereocenters. The summed E-state index contributed by atoms with van der Waals surface area (Å²) < 4.78 is 0. The molecule has 8 nitrogen and oxygen atoms in total. The number of aliphatic hydroxyl groups is 1. The maximum Gasteiger partial charge on any atom is 0.227 e. The third kappa shape index (κ3) is 4.62. The van der Waals surface area contributed by atoms with Crippen molar-refractivity contribution in [2.45, 2.75) is 38.0 Å². The molecule has 5 rings (SSSR count). The van der Waals surface area contributed by atoms with Gasteiger partial charge in [0.2, 0.25) is 5.95 Å². The third-order valence-corrected chi connectivity index (χ3v) is 7.69. The van der Waals surface area contributed by atoms with Crippen LogP contribution >= 0.6 is 0 Å². The first-order valence-corrected chi connectivity index (χ1v) is 12.6. The molecule has 0 aliphatic carbocycles. The molecule has 37 heavy (non-hydrogen) atoms. The third-order valence-electron chi connectivity index (χ3n) is 7.69. The number of rotatable bonds is 5. The van der Waals surface area contributed by atoms with Crippen molar-refractivity contribution in [2.24, 2.45) is 0 Å². The maximum absolute atomic E-state index is 10.0. The number of nitriles is 2. The molecule has 2 aromatic carbocycles. The van der Waals surface area contributed by atoms with E-state index in [4.69, 9.17) is 4.98 Å². The summed E-state index contributed by atoms with van der Waals surface area (Å²) in [5.74, 6) is 0.769. The van der Waals surface area contributed by atoms with Gasteiger partial charge in [-0.25, -0.2) is 9.97 Å². The van der Waals surface area contributed by atoms with Gasteiger partial charge in [-0.05, 0) is 80.2 Å². The van der Waals surface area contributed by atoms with Crippen LogP contribution in [0.4, 0.5) is 17.3 Å². The first-order valence-electron chi connectivity index (χ1n) is 12.6. The van der Waals surface area contributed by atoms with Crippen LogP contribution in [0.5, 0.6) is 0 Å². The zero-order valence-corrected chi connectivity index (χ0v) is 21.5. The Morgan fingerprint density at radius 2 is 2.03 bits per heavy atom. The normalized spacial score (nSPS) is 21.0. The molecule has 188 valence electrons. The number of nitrogens with zero attached hydrogens (tertiary/aromatic N) is 5. The van der Waals surface area contributed by atoms with Crippen LogP contribution in [0.25, 0.3) is 11.3 Å². The fourth-order valence-electron chi connectivity index (χ4n) is 5.48. The van der Waals surface area contributed by atoms with Crippen LogP contribution in [-0.2, 0) is 5.41 Å². The topological polar surface area (TPSA) is 121 Å². The van der Waals surface area contributed by atoms with Crippen LogP contribution in [0.3, 0.4) is 0 Å². The van der Waals surface area contributed by atoms with E-state index in [1.54, 1.807) is 6.20 Å². The molecule has 2 aliphatic rings. The average molecular weight is 494 g/mol. The minimum atomic E-state index is -0.468. The Morgan fingerprint density at radius 1 is 1.22 bits per heavy atom. The second-order valence-electron chi connectivity index (χ2n) is 10.5. The molecule has 1 fully saturated rings. The molecule has 0 amide bonds. The number of likely N-dealkylation sites (N-methyl/N-ethyl adjacent to an activating group) is 1. The standard InChI is InChI=1S/C29H31N7O/c1-18-9-23(19-5-4-8-36(3)15-19)21(13-30)12-26(18)35-28-32-7-6-25(34-28)20-10-22(14-31)27-24(11-20)29(2,17-37)16-33-27/h6-7,9-12,19,33,37H,4-5,8,15-17H2,1-3H3,(H,32,34,35). The summed E-state index contributed by atoms with van der Waals surface area (Å²) in [5.41, 5.74) is 6.82. The van der Waals surface area contributed by atoms with Crippen molar-refractivity contribution >= 4 is 17.3 Å². The Morgan fingerprint density at radius 3 is 2.76 bits per heavy atom. The molecule has 3 N–H and O–H groups in total. The number of likely N-dealkylation sites (tertiary alicyclic amines) is 1. The Kier molecular flexibility index (Phi) is 6.55. The zero-order chi connectivity index (χ0) is 26.2. The molecule has 3 aromatic rings. The van der Waals surface area contributed by atoms with Crippen molar-refractivity contribution in [2.75, 3.05) is 43.9 Å². The minimum Gasteiger partial charge on any atom is -0.395 e. The summed E-state index contributed by atoms with van der Waals surface area (Å²) in [6.07, 6.45) is 3.91. The predicted octanol–water partition coefficient (Wildman–Crippen LogP) is 4.42. The summed E-state index contributed by atoms with van der Waals surface area (Å²) in [6, 6.07) is 14.3. The number of aryl methyl sites for hydroxylation is 1. The Bertz CT molecular complexity index is 1440. The largest absolute Gasteiger partial charge is 0.395 e. The van der Waals surface area contributed by atoms with Crippen LogP contribution in [0.2, 0.25) is 0 Å². The number of aromatic nitrogens is 2. The van der Waals surface area contributed by atoms with Gasteiger partial charge in [0.25, 0.3) is 0 Å². The molecule has 0 spiro atoms. The number of anilines is 3. The minimum absolute atomic E-state index is 0.0223. The van der Waals surface area contributed by atoms with Gasteiger partial charge in [0.05, 0.1) is 35.2 Å². The van der Waals surface area contributed by atoms with Crippen LogP contribution in [0.1, 0.15) is 53.5 Å². The van der Waals surface area contributed by atoms with Crippen molar-refractivity contribution in [3.05, 3.63) is 64.3 Å². The highest BCUT2D eigenvalue weighted by molar-refractivity contribution is 5.76. The van der Waals surface area contributed by atoms with E-state index in [9.17, 15) is 15.6 Å². The van der Waals surface area contributed by atoms with Crippen molar-refractivity contribution in [1.29, 1.82) is 10.5 Å². The van der Waals surface area contributed by atoms with Crippen molar-refractivity contribution < 1.29 is 5.11 Å². The lowest BCUT2D eigenvalue weighted by Gasteiger charge is -2.30. The zero-order valence-electron chi connectivity index (χ0n) is 21.5. The van der Waals surface area contributed by atoms with Gasteiger partial charge >= 0.3 is 0 Å². The Balaban J connectivity index is 1.47. The Hall–Kier alpha value is -3.98. The lowest BCUT2D eigenvalue weighted by molar-refractivity contribution is 0.219. The van der Waals surface area contributed by atoms with Crippen LogP contribution < -0.4 is 10.6 Å². The van der Waals surface area contributed by atoms with E-state index in [1.165, 1.54) is 0 Å². The van der Waals surface area contributed by atoms with Crippen LogP contribution in [-0.4, -0.2) is 53.3 Å². The molecule has 3 heterocycles. The molecule has 2 atom stereocenters. The summed E-state index contributed by atoms with van der Waals surface area (Å²) in [6.45, 7) is 6.62. The molecular weight excluding hydrogens is 462 g/mol. The van der Waals surface area contributed by atoms with Crippen molar-refractivity contribution in [3.63, 3.8) is 0 Å². The van der Waals surface area contributed by atoms with E-state index in [1.807, 2.05) is 38.1 Å². The average Bonchev–Trinajstić information content (AvgIpc) is 3.26. The second kappa shape index (κ2) is 9.82. The number of piperidine rings is 1. The summed E-state index contributed by atoms with van der Waals surface area (Å²) >= 11 is 0. The molecule has 8 heteroatoms. The first kappa shape index (κ1) is 24.7. The van der Waals surface area contributed by atoms with E-state index >= 15 is 0 Å². The molecule has 1 aromatic heterocycles. The van der Waals surface area contributed by atoms with E-state index in [0.717, 1.165) is 59.6 Å². The molecule has 2 aliphatic heterocycles. The van der Waals surface area contributed by atoms with Crippen molar-refractivity contribution in [3.8, 4) is 23.4 Å². The second-order valence-corrected chi connectivity index (χ2v) is 10.5. The monoisotopic (exact) mass is 493 g/mol. The molecule has 1 saturated heterocycles. The molecular formula is C29H31N7O.